The minimum absolute atomic E-state index is 0.219. The summed E-state index contributed by atoms with van der Waals surface area (Å²) in [6.07, 6.45) is 0. The van der Waals surface area contributed by atoms with Gasteiger partial charge in [-0.2, -0.15) is 5.10 Å². The van der Waals surface area contributed by atoms with E-state index in [1.807, 2.05) is 92.9 Å². The third-order valence-electron chi connectivity index (χ3n) is 6.35. The van der Waals surface area contributed by atoms with Crippen LogP contribution in [0.15, 0.2) is 72.1 Å². The van der Waals surface area contributed by atoms with Gasteiger partial charge in [0, 0.05) is 12.2 Å². The summed E-state index contributed by atoms with van der Waals surface area (Å²) in [6, 6.07) is 21.5. The van der Waals surface area contributed by atoms with E-state index in [2.05, 4.69) is 5.32 Å². The first kappa shape index (κ1) is 22.1. The monoisotopic (exact) mass is 470 g/mol. The first-order valence-electron chi connectivity index (χ1n) is 11.2. The number of carbonyl (C=O) groups is 2. The van der Waals surface area contributed by atoms with Gasteiger partial charge in [0.15, 0.2) is 0 Å². The highest BCUT2D eigenvalue weighted by Crippen LogP contribution is 2.36. The van der Waals surface area contributed by atoms with Crippen LogP contribution in [0.2, 0.25) is 0 Å². The van der Waals surface area contributed by atoms with Gasteiger partial charge in [0.25, 0.3) is 5.91 Å². The van der Waals surface area contributed by atoms with Gasteiger partial charge in [-0.25, -0.2) is 0 Å². The number of thiophene rings is 1. The Labute approximate surface area is 202 Å². The number of nitrogens with one attached hydrogen (secondary N) is 1. The number of aromatic nitrogens is 2. The average Bonchev–Trinajstić information content (AvgIpc) is 3.50. The number of para-hydroxylation sites is 1. The molecule has 0 spiro atoms. The van der Waals surface area contributed by atoms with E-state index in [9.17, 15) is 9.59 Å². The second-order valence-electron chi connectivity index (χ2n) is 8.92. The van der Waals surface area contributed by atoms with E-state index >= 15 is 0 Å². The Balaban J connectivity index is 1.54. The van der Waals surface area contributed by atoms with Crippen LogP contribution in [0.1, 0.15) is 34.1 Å². The highest BCUT2D eigenvalue weighted by Gasteiger charge is 2.49. The summed E-state index contributed by atoms with van der Waals surface area (Å²) in [5, 5.41) is 9.75. The Morgan fingerprint density at radius 2 is 1.85 bits per heavy atom. The largest absolute Gasteiger partial charge is 0.350 e. The number of carbonyl (C=O) groups excluding carboxylic acids is 2. The molecule has 5 rings (SSSR count). The second-order valence-corrected chi connectivity index (χ2v) is 9.87. The summed E-state index contributed by atoms with van der Waals surface area (Å²) in [7, 11) is 0. The molecular weight excluding hydrogens is 444 g/mol. The minimum atomic E-state index is -1.15. The molecule has 34 heavy (non-hydrogen) atoms. The quantitative estimate of drug-likeness (QED) is 0.448. The predicted molar refractivity (Wildman–Crippen MR) is 135 cm³/mol. The molecule has 2 aromatic carbocycles. The van der Waals surface area contributed by atoms with Crippen molar-refractivity contribution in [2.45, 2.75) is 39.4 Å². The molecule has 4 aromatic rings. The average molecular weight is 471 g/mol. The summed E-state index contributed by atoms with van der Waals surface area (Å²) in [5.74, 6) is -0.452. The summed E-state index contributed by atoms with van der Waals surface area (Å²) in [4.78, 5) is 30.2. The number of aryl methyl sites for hydroxylation is 2. The molecule has 1 aliphatic rings. The van der Waals surface area contributed by atoms with Crippen molar-refractivity contribution < 1.29 is 9.59 Å². The van der Waals surface area contributed by atoms with Crippen molar-refractivity contribution in [1.82, 2.24) is 15.1 Å². The third-order valence-corrected chi connectivity index (χ3v) is 7.24. The van der Waals surface area contributed by atoms with Crippen LogP contribution in [-0.4, -0.2) is 27.1 Å². The Bertz CT molecular complexity index is 1360. The Kier molecular flexibility index (Phi) is 5.57. The molecule has 0 aliphatic carbocycles. The van der Waals surface area contributed by atoms with Crippen LogP contribution in [0.4, 0.5) is 5.69 Å². The van der Waals surface area contributed by atoms with E-state index in [-0.39, 0.29) is 18.4 Å². The van der Waals surface area contributed by atoms with Crippen molar-refractivity contribution in [3.8, 4) is 10.6 Å². The van der Waals surface area contributed by atoms with Crippen LogP contribution in [0.5, 0.6) is 0 Å². The van der Waals surface area contributed by atoms with Crippen LogP contribution in [0.3, 0.4) is 0 Å². The van der Waals surface area contributed by atoms with Crippen molar-refractivity contribution in [3.05, 3.63) is 94.5 Å². The van der Waals surface area contributed by atoms with Gasteiger partial charge in [0.1, 0.15) is 16.9 Å². The molecule has 0 radical (unpaired) electrons. The Morgan fingerprint density at radius 3 is 2.56 bits per heavy atom. The lowest BCUT2D eigenvalue weighted by Crippen LogP contribution is -2.64. The van der Waals surface area contributed by atoms with Crippen LogP contribution in [-0.2, 0) is 17.9 Å². The minimum Gasteiger partial charge on any atom is -0.350 e. The zero-order valence-corrected chi connectivity index (χ0v) is 20.2. The molecule has 2 amide bonds. The van der Waals surface area contributed by atoms with Crippen molar-refractivity contribution in [3.63, 3.8) is 0 Å². The lowest BCUT2D eigenvalue weighted by atomic mass is 9.93. The number of anilines is 1. The smallest absolute Gasteiger partial charge is 0.277 e. The summed E-state index contributed by atoms with van der Waals surface area (Å²) >= 11 is 1.57. The van der Waals surface area contributed by atoms with Crippen molar-refractivity contribution in [2.24, 2.45) is 0 Å². The highest BCUT2D eigenvalue weighted by atomic mass is 32.1. The molecular formula is C27H26N4O2S. The van der Waals surface area contributed by atoms with E-state index in [0.717, 1.165) is 27.4 Å². The van der Waals surface area contributed by atoms with Crippen molar-refractivity contribution in [2.75, 3.05) is 4.90 Å². The summed E-state index contributed by atoms with van der Waals surface area (Å²) in [6.45, 7) is 6.45. The van der Waals surface area contributed by atoms with E-state index in [1.165, 1.54) is 5.56 Å². The molecule has 172 valence electrons. The van der Waals surface area contributed by atoms with Crippen LogP contribution < -0.4 is 10.2 Å². The molecule has 0 fully saturated rings. The number of rotatable bonds is 5. The van der Waals surface area contributed by atoms with Gasteiger partial charge in [-0.1, -0.05) is 54.1 Å². The van der Waals surface area contributed by atoms with Gasteiger partial charge in [0.2, 0.25) is 5.91 Å². The fraction of sp³-hybridized carbons (Fsp3) is 0.222. The summed E-state index contributed by atoms with van der Waals surface area (Å²) < 4.78 is 1.68. The van der Waals surface area contributed by atoms with Crippen LogP contribution >= 0.6 is 11.3 Å². The highest BCUT2D eigenvalue weighted by molar-refractivity contribution is 7.13. The third kappa shape index (κ3) is 3.82. The fourth-order valence-electron chi connectivity index (χ4n) is 4.40. The molecule has 0 saturated heterocycles. The predicted octanol–water partition coefficient (Wildman–Crippen LogP) is 4.96. The number of fused-ring (bicyclic) bond motifs is 1. The molecule has 1 unspecified atom stereocenters. The van der Waals surface area contributed by atoms with Crippen molar-refractivity contribution in [1.29, 1.82) is 0 Å². The maximum Gasteiger partial charge on any atom is 0.277 e. The molecule has 1 N–H and O–H groups in total. The molecule has 0 saturated carbocycles. The normalized spacial score (nSPS) is 17.5. The molecule has 1 atom stereocenters. The van der Waals surface area contributed by atoms with Gasteiger partial charge in [-0.05, 0) is 55.5 Å². The van der Waals surface area contributed by atoms with Crippen LogP contribution in [0.25, 0.3) is 10.6 Å². The standard InChI is InChI=1S/C27H26N4O2S/c1-18-10-12-20(13-11-18)16-28-26(33)27(3)17-30-23(15-21(29-30)24-9-6-14-34-24)25(32)31(27)22-8-5-4-7-19(22)2/h4-15H,16-17H2,1-3H3,(H,28,33). The van der Waals surface area contributed by atoms with Gasteiger partial charge < -0.3 is 5.32 Å². The van der Waals surface area contributed by atoms with E-state index < -0.39 is 5.54 Å². The first-order chi connectivity index (χ1) is 16.4. The van der Waals surface area contributed by atoms with E-state index in [4.69, 9.17) is 5.10 Å². The number of amides is 2. The van der Waals surface area contributed by atoms with Crippen LogP contribution in [0, 0.1) is 13.8 Å². The fourth-order valence-corrected chi connectivity index (χ4v) is 5.08. The molecule has 7 heteroatoms. The zero-order chi connectivity index (χ0) is 23.9. The number of hydrogen-bond acceptors (Lipinski definition) is 4. The lowest BCUT2D eigenvalue weighted by Gasteiger charge is -2.43. The van der Waals surface area contributed by atoms with Gasteiger partial charge in [-0.15, -0.1) is 11.3 Å². The molecule has 6 nitrogen and oxygen atoms in total. The molecule has 0 bridgehead atoms. The SMILES string of the molecule is Cc1ccc(CNC(=O)C2(C)Cn3nc(-c4cccs4)cc3C(=O)N2c2ccccc2C)cc1. The Morgan fingerprint density at radius 1 is 1.09 bits per heavy atom. The number of hydrogen-bond donors (Lipinski definition) is 1. The Hall–Kier alpha value is -3.71. The maximum absolute atomic E-state index is 13.9. The molecule has 2 aromatic heterocycles. The van der Waals surface area contributed by atoms with Crippen molar-refractivity contribution >= 4 is 28.8 Å². The zero-order valence-electron chi connectivity index (χ0n) is 19.4. The van der Waals surface area contributed by atoms with E-state index in [1.54, 1.807) is 20.9 Å². The van der Waals surface area contributed by atoms with Gasteiger partial charge in [0.05, 0.1) is 11.4 Å². The summed E-state index contributed by atoms with van der Waals surface area (Å²) in [5.41, 5.74) is 3.90. The lowest BCUT2D eigenvalue weighted by molar-refractivity contribution is -0.126. The maximum atomic E-state index is 13.9. The van der Waals surface area contributed by atoms with Gasteiger partial charge >= 0.3 is 0 Å². The van der Waals surface area contributed by atoms with Gasteiger partial charge in [-0.3, -0.25) is 19.2 Å². The number of nitrogens with zero attached hydrogens (tertiary/aromatic N) is 3. The molecule has 1 aliphatic heterocycles. The molecule has 3 heterocycles. The number of benzene rings is 2. The topological polar surface area (TPSA) is 67.2 Å². The first-order valence-corrected chi connectivity index (χ1v) is 12.1. The van der Waals surface area contributed by atoms with E-state index in [0.29, 0.717) is 12.2 Å². The second kappa shape index (κ2) is 8.57.